The maximum Gasteiger partial charge on any atom is 0.573 e. The molecule has 2 rings (SSSR count). The quantitative estimate of drug-likeness (QED) is 0.846. The number of nitrogens with zero attached hydrogens (tertiary/aromatic N) is 1. The van der Waals surface area contributed by atoms with Crippen molar-refractivity contribution in [3.63, 3.8) is 0 Å². The van der Waals surface area contributed by atoms with Crippen molar-refractivity contribution in [2.24, 2.45) is 0 Å². The van der Waals surface area contributed by atoms with E-state index in [4.69, 9.17) is 0 Å². The lowest BCUT2D eigenvalue weighted by Gasteiger charge is -2.08. The molecule has 0 aliphatic carbocycles. The Kier molecular flexibility index (Phi) is 5.59. The van der Waals surface area contributed by atoms with E-state index in [1.165, 1.54) is 23.5 Å². The molecule has 1 amide bonds. The van der Waals surface area contributed by atoms with Crippen LogP contribution in [-0.2, 0) is 11.2 Å². The maximum absolute atomic E-state index is 12.1. The third-order valence-corrected chi connectivity index (χ3v) is 3.73. The predicted octanol–water partition coefficient (Wildman–Crippen LogP) is 4.37. The van der Waals surface area contributed by atoms with Crippen molar-refractivity contribution >= 4 is 22.4 Å². The first-order valence-corrected chi connectivity index (χ1v) is 7.76. The fourth-order valence-corrected chi connectivity index (χ4v) is 2.73. The third-order valence-electron chi connectivity index (χ3n) is 2.81. The van der Waals surface area contributed by atoms with E-state index in [1.54, 1.807) is 18.3 Å². The Morgan fingerprint density at radius 2 is 2.00 bits per heavy atom. The topological polar surface area (TPSA) is 51.2 Å². The number of carbonyl (C=O) groups is 1. The molecule has 0 spiro atoms. The van der Waals surface area contributed by atoms with Crippen molar-refractivity contribution in [3.05, 3.63) is 40.9 Å². The van der Waals surface area contributed by atoms with Crippen LogP contribution < -0.4 is 10.1 Å². The molecule has 1 aromatic carbocycles. The predicted molar refractivity (Wildman–Crippen MR) is 81.6 cm³/mol. The van der Waals surface area contributed by atoms with Gasteiger partial charge in [-0.05, 0) is 24.1 Å². The molecule has 8 heteroatoms. The zero-order chi connectivity index (χ0) is 16.9. The Morgan fingerprint density at radius 1 is 1.30 bits per heavy atom. The van der Waals surface area contributed by atoms with Gasteiger partial charge in [0.1, 0.15) is 5.75 Å². The number of hydrogen-bond donors (Lipinski definition) is 1. The minimum Gasteiger partial charge on any atom is -0.406 e. The highest BCUT2D eigenvalue weighted by molar-refractivity contribution is 7.15. The summed E-state index contributed by atoms with van der Waals surface area (Å²) in [7, 11) is 0. The summed E-state index contributed by atoms with van der Waals surface area (Å²) < 4.78 is 40.1. The fraction of sp³-hybridized carbons (Fsp3) is 0.333. The molecule has 0 saturated heterocycles. The van der Waals surface area contributed by atoms with Gasteiger partial charge in [0.25, 0.3) is 0 Å². The molecule has 1 aromatic heterocycles. The van der Waals surface area contributed by atoms with Crippen LogP contribution in [0.3, 0.4) is 0 Å². The highest BCUT2D eigenvalue weighted by Gasteiger charge is 2.30. The second-order valence-electron chi connectivity index (χ2n) is 4.80. The van der Waals surface area contributed by atoms with E-state index >= 15 is 0 Å². The molecule has 0 fully saturated rings. The minimum absolute atomic E-state index is 0.0814. The summed E-state index contributed by atoms with van der Waals surface area (Å²) in [6.45, 7) is 1.92. The number of anilines is 1. The number of ether oxygens (including phenoxy) is 1. The lowest BCUT2D eigenvalue weighted by atomic mass is 10.1. The van der Waals surface area contributed by atoms with Crippen LogP contribution in [0.4, 0.5) is 18.3 Å². The smallest absolute Gasteiger partial charge is 0.406 e. The Hall–Kier alpha value is -2.09. The van der Waals surface area contributed by atoms with Crippen LogP contribution in [0.1, 0.15) is 30.2 Å². The number of aromatic nitrogens is 1. The molecule has 1 heterocycles. The Bertz CT molecular complexity index is 653. The van der Waals surface area contributed by atoms with E-state index < -0.39 is 6.36 Å². The molecule has 1 N–H and O–H groups in total. The monoisotopic (exact) mass is 344 g/mol. The Labute approximate surface area is 135 Å². The molecule has 0 atom stereocenters. The number of thiazole rings is 1. The van der Waals surface area contributed by atoms with Gasteiger partial charge in [-0.15, -0.1) is 24.5 Å². The van der Waals surface area contributed by atoms with Crippen LogP contribution in [-0.4, -0.2) is 17.3 Å². The van der Waals surface area contributed by atoms with Gasteiger partial charge in [0, 0.05) is 23.9 Å². The number of amides is 1. The van der Waals surface area contributed by atoms with Crippen LogP contribution in [0.5, 0.6) is 5.75 Å². The molecular weight excluding hydrogens is 329 g/mol. The molecule has 124 valence electrons. The summed E-state index contributed by atoms with van der Waals surface area (Å²) in [5.74, 6) is -0.333. The first kappa shape index (κ1) is 17.3. The molecule has 0 aliphatic rings. The van der Waals surface area contributed by atoms with Gasteiger partial charge in [0.15, 0.2) is 5.13 Å². The average molecular weight is 344 g/mol. The Balaban J connectivity index is 1.94. The highest BCUT2D eigenvalue weighted by atomic mass is 32.1. The van der Waals surface area contributed by atoms with Crippen LogP contribution in [0.15, 0.2) is 30.5 Å². The second kappa shape index (κ2) is 7.45. The zero-order valence-corrected chi connectivity index (χ0v) is 13.1. The first-order chi connectivity index (χ1) is 10.9. The summed E-state index contributed by atoms with van der Waals surface area (Å²) in [6.07, 6.45) is -1.32. The zero-order valence-electron chi connectivity index (χ0n) is 12.3. The van der Waals surface area contributed by atoms with Crippen LogP contribution in [0.25, 0.3) is 0 Å². The molecular formula is C15H15F3N2O2S. The fourth-order valence-electron chi connectivity index (χ4n) is 1.87. The van der Waals surface area contributed by atoms with Gasteiger partial charge in [-0.25, -0.2) is 4.98 Å². The number of benzene rings is 1. The van der Waals surface area contributed by atoms with E-state index in [0.29, 0.717) is 18.0 Å². The van der Waals surface area contributed by atoms with Crippen molar-refractivity contribution < 1.29 is 22.7 Å². The van der Waals surface area contributed by atoms with Crippen LogP contribution >= 0.6 is 11.3 Å². The number of alkyl halides is 3. The number of halogens is 3. The standard InChI is InChI=1S/C15H15F3N2O2S/c1-2-3-13(21)20-14-19-9-12(23-14)8-10-4-6-11(7-5-10)22-15(16,17)18/h4-7,9H,2-3,8H2,1H3,(H,19,20,21). The van der Waals surface area contributed by atoms with Crippen molar-refractivity contribution in [1.29, 1.82) is 0 Å². The molecule has 0 saturated carbocycles. The average Bonchev–Trinajstić information content (AvgIpc) is 2.87. The van der Waals surface area contributed by atoms with E-state index in [1.807, 2.05) is 6.92 Å². The van der Waals surface area contributed by atoms with Crippen molar-refractivity contribution in [2.75, 3.05) is 5.32 Å². The molecule has 0 unspecified atom stereocenters. The van der Waals surface area contributed by atoms with Crippen LogP contribution in [0.2, 0.25) is 0 Å². The largest absolute Gasteiger partial charge is 0.573 e. The number of hydrogen-bond acceptors (Lipinski definition) is 4. The van der Waals surface area contributed by atoms with Crippen LogP contribution in [0, 0.1) is 0 Å². The maximum atomic E-state index is 12.1. The molecule has 4 nitrogen and oxygen atoms in total. The normalized spacial score (nSPS) is 11.3. The molecule has 0 bridgehead atoms. The SMILES string of the molecule is CCCC(=O)Nc1ncc(Cc2ccc(OC(F)(F)F)cc2)s1. The third kappa shape index (κ3) is 5.90. The number of carbonyl (C=O) groups excluding carboxylic acids is 1. The lowest BCUT2D eigenvalue weighted by molar-refractivity contribution is -0.274. The molecule has 0 radical (unpaired) electrons. The summed E-state index contributed by atoms with van der Waals surface area (Å²) in [4.78, 5) is 16.5. The van der Waals surface area contributed by atoms with E-state index in [-0.39, 0.29) is 11.7 Å². The minimum atomic E-state index is -4.69. The van der Waals surface area contributed by atoms with Crippen molar-refractivity contribution in [2.45, 2.75) is 32.5 Å². The first-order valence-electron chi connectivity index (χ1n) is 6.95. The van der Waals surface area contributed by atoms with Gasteiger partial charge in [0.05, 0.1) is 0 Å². The van der Waals surface area contributed by atoms with Crippen molar-refractivity contribution in [3.8, 4) is 5.75 Å². The van der Waals surface area contributed by atoms with E-state index in [0.717, 1.165) is 16.9 Å². The van der Waals surface area contributed by atoms with Gasteiger partial charge in [0.2, 0.25) is 5.91 Å². The van der Waals surface area contributed by atoms with Gasteiger partial charge in [-0.1, -0.05) is 19.1 Å². The number of nitrogens with one attached hydrogen (secondary N) is 1. The summed E-state index contributed by atoms with van der Waals surface area (Å²) in [5.41, 5.74) is 0.828. The van der Waals surface area contributed by atoms with Gasteiger partial charge >= 0.3 is 6.36 Å². The van der Waals surface area contributed by atoms with E-state index in [9.17, 15) is 18.0 Å². The van der Waals surface area contributed by atoms with Gasteiger partial charge in [-0.3, -0.25) is 4.79 Å². The summed E-state index contributed by atoms with van der Waals surface area (Å²) in [6, 6.07) is 5.67. The Morgan fingerprint density at radius 3 is 2.61 bits per heavy atom. The molecule has 23 heavy (non-hydrogen) atoms. The van der Waals surface area contributed by atoms with Gasteiger partial charge < -0.3 is 10.1 Å². The molecule has 2 aromatic rings. The van der Waals surface area contributed by atoms with Gasteiger partial charge in [-0.2, -0.15) is 0 Å². The highest BCUT2D eigenvalue weighted by Crippen LogP contribution is 2.25. The number of rotatable bonds is 6. The summed E-state index contributed by atoms with van der Waals surface area (Å²) >= 11 is 1.34. The van der Waals surface area contributed by atoms with E-state index in [2.05, 4.69) is 15.0 Å². The lowest BCUT2D eigenvalue weighted by Crippen LogP contribution is -2.17. The van der Waals surface area contributed by atoms with Crippen molar-refractivity contribution in [1.82, 2.24) is 4.98 Å². The summed E-state index contributed by atoms with van der Waals surface area (Å²) in [5, 5.41) is 3.23. The second-order valence-corrected chi connectivity index (χ2v) is 5.91. The molecule has 0 aliphatic heterocycles.